The van der Waals surface area contributed by atoms with Crippen LogP contribution in [0.3, 0.4) is 0 Å². The predicted octanol–water partition coefficient (Wildman–Crippen LogP) is 4.26. The van der Waals surface area contributed by atoms with Gasteiger partial charge in [-0.15, -0.1) is 0 Å². The Kier molecular flexibility index (Phi) is 5.64. The molecule has 174 valence electrons. The molecule has 0 bridgehead atoms. The third kappa shape index (κ3) is 3.69. The maximum atomic E-state index is 13.0. The van der Waals surface area contributed by atoms with Gasteiger partial charge in [0.15, 0.2) is 11.5 Å². The topological polar surface area (TPSA) is 83.1 Å². The van der Waals surface area contributed by atoms with Crippen molar-refractivity contribution in [3.05, 3.63) is 41.5 Å². The van der Waals surface area contributed by atoms with Crippen LogP contribution in [0.2, 0.25) is 0 Å². The van der Waals surface area contributed by atoms with Crippen LogP contribution in [0.15, 0.2) is 30.3 Å². The number of hydrogen-bond acceptors (Lipinski definition) is 6. The summed E-state index contributed by atoms with van der Waals surface area (Å²) in [6.45, 7) is 0.664. The molecule has 3 aliphatic rings. The quantitative estimate of drug-likeness (QED) is 0.604. The number of nitrogens with one attached hydrogen (secondary N) is 1. The number of rotatable bonds is 8. The van der Waals surface area contributed by atoms with Crippen molar-refractivity contribution in [3.63, 3.8) is 0 Å². The van der Waals surface area contributed by atoms with E-state index < -0.39 is 5.41 Å². The van der Waals surface area contributed by atoms with Gasteiger partial charge < -0.3 is 24.3 Å². The van der Waals surface area contributed by atoms with E-state index in [1.54, 1.807) is 14.2 Å². The van der Waals surface area contributed by atoms with Crippen molar-refractivity contribution in [3.8, 4) is 28.4 Å². The zero-order valence-corrected chi connectivity index (χ0v) is 19.1. The SMILES string of the molecule is COc1ccc(-c2cccc3c2CNC3=O)c(OCC2(C(=O)OC3CCC3)CCC2)c1OC. The predicted molar refractivity (Wildman–Crippen MR) is 122 cm³/mol. The summed E-state index contributed by atoms with van der Waals surface area (Å²) in [6, 6.07) is 9.40. The highest BCUT2D eigenvalue weighted by Crippen LogP contribution is 2.49. The van der Waals surface area contributed by atoms with E-state index in [9.17, 15) is 9.59 Å². The maximum absolute atomic E-state index is 13.0. The van der Waals surface area contributed by atoms with Crippen molar-refractivity contribution in [2.24, 2.45) is 5.41 Å². The second-order valence-electron chi connectivity index (χ2n) is 9.07. The zero-order valence-electron chi connectivity index (χ0n) is 19.1. The summed E-state index contributed by atoms with van der Waals surface area (Å²) >= 11 is 0. The Morgan fingerprint density at radius 3 is 2.42 bits per heavy atom. The lowest BCUT2D eigenvalue weighted by molar-refractivity contribution is -0.174. The van der Waals surface area contributed by atoms with Crippen LogP contribution < -0.4 is 19.5 Å². The third-order valence-electron chi connectivity index (χ3n) is 7.20. The van der Waals surface area contributed by atoms with E-state index in [0.717, 1.165) is 55.2 Å². The van der Waals surface area contributed by atoms with Gasteiger partial charge in [0.1, 0.15) is 18.1 Å². The zero-order chi connectivity index (χ0) is 23.0. The van der Waals surface area contributed by atoms with E-state index in [0.29, 0.717) is 29.4 Å². The number of methoxy groups -OCH3 is 2. The molecular weight excluding hydrogens is 422 g/mol. The van der Waals surface area contributed by atoms with Crippen molar-refractivity contribution in [2.75, 3.05) is 20.8 Å². The molecule has 2 aliphatic carbocycles. The molecule has 2 fully saturated rings. The Balaban J connectivity index is 1.50. The molecule has 0 saturated heterocycles. The third-order valence-corrected chi connectivity index (χ3v) is 7.20. The molecule has 1 heterocycles. The van der Waals surface area contributed by atoms with Gasteiger partial charge >= 0.3 is 5.97 Å². The molecule has 7 nitrogen and oxygen atoms in total. The summed E-state index contributed by atoms with van der Waals surface area (Å²) in [6.07, 6.45) is 5.54. The summed E-state index contributed by atoms with van der Waals surface area (Å²) in [7, 11) is 3.15. The Labute approximate surface area is 193 Å². The average Bonchev–Trinajstić information content (AvgIpc) is 3.16. The van der Waals surface area contributed by atoms with Crippen LogP contribution in [0.25, 0.3) is 11.1 Å². The van der Waals surface area contributed by atoms with Gasteiger partial charge in [-0.3, -0.25) is 9.59 Å². The van der Waals surface area contributed by atoms with Gasteiger partial charge in [-0.2, -0.15) is 0 Å². The van der Waals surface area contributed by atoms with Gasteiger partial charge in [0, 0.05) is 17.7 Å². The molecule has 33 heavy (non-hydrogen) atoms. The summed E-state index contributed by atoms with van der Waals surface area (Å²) < 4.78 is 23.3. The van der Waals surface area contributed by atoms with Crippen LogP contribution >= 0.6 is 0 Å². The average molecular weight is 452 g/mol. The van der Waals surface area contributed by atoms with Crippen LogP contribution in [0, 0.1) is 5.41 Å². The number of esters is 1. The van der Waals surface area contributed by atoms with Crippen molar-refractivity contribution in [1.29, 1.82) is 0 Å². The fraction of sp³-hybridized carbons (Fsp3) is 0.462. The van der Waals surface area contributed by atoms with E-state index in [1.807, 2.05) is 30.3 Å². The fourth-order valence-corrected chi connectivity index (χ4v) is 4.75. The monoisotopic (exact) mass is 451 g/mol. The number of benzene rings is 2. The Bertz CT molecular complexity index is 1090. The number of ether oxygens (including phenoxy) is 4. The lowest BCUT2D eigenvalue weighted by atomic mass is 9.69. The Hall–Kier alpha value is -3.22. The molecule has 0 unspecified atom stereocenters. The second kappa shape index (κ2) is 8.61. The number of hydrogen-bond donors (Lipinski definition) is 1. The first kappa shape index (κ1) is 21.6. The Morgan fingerprint density at radius 2 is 1.79 bits per heavy atom. The molecule has 7 heteroatoms. The van der Waals surface area contributed by atoms with E-state index in [-0.39, 0.29) is 24.6 Å². The molecular formula is C26H29NO6. The normalized spacial score (nSPS) is 18.4. The molecule has 1 aliphatic heterocycles. The van der Waals surface area contributed by atoms with Crippen molar-refractivity contribution in [2.45, 2.75) is 51.2 Å². The highest BCUT2D eigenvalue weighted by atomic mass is 16.6. The molecule has 2 saturated carbocycles. The molecule has 2 aromatic rings. The van der Waals surface area contributed by atoms with Crippen molar-refractivity contribution in [1.82, 2.24) is 5.32 Å². The van der Waals surface area contributed by atoms with Gasteiger partial charge in [-0.25, -0.2) is 0 Å². The lowest BCUT2D eigenvalue weighted by Gasteiger charge is -2.41. The van der Waals surface area contributed by atoms with Gasteiger partial charge in [0.2, 0.25) is 5.75 Å². The van der Waals surface area contributed by atoms with E-state index in [1.165, 1.54) is 0 Å². The lowest BCUT2D eigenvalue weighted by Crippen LogP contribution is -2.46. The van der Waals surface area contributed by atoms with Gasteiger partial charge in [-0.1, -0.05) is 18.6 Å². The summed E-state index contributed by atoms with van der Waals surface area (Å²) in [5.41, 5.74) is 2.64. The van der Waals surface area contributed by atoms with Crippen LogP contribution in [0.1, 0.15) is 54.4 Å². The van der Waals surface area contributed by atoms with Crippen molar-refractivity contribution < 1.29 is 28.5 Å². The minimum absolute atomic E-state index is 0.0498. The molecule has 0 aromatic heterocycles. The molecule has 5 rings (SSSR count). The number of amides is 1. The van der Waals surface area contributed by atoms with Gasteiger partial charge in [0.05, 0.1) is 14.2 Å². The van der Waals surface area contributed by atoms with Crippen molar-refractivity contribution >= 4 is 11.9 Å². The maximum Gasteiger partial charge on any atom is 0.315 e. The first-order valence-electron chi connectivity index (χ1n) is 11.6. The minimum Gasteiger partial charge on any atom is -0.493 e. The standard InChI is InChI=1S/C26H29NO6/c1-30-21-11-10-18(17-8-4-9-19-20(17)14-27-24(19)28)22(23(21)31-2)32-15-26(12-5-13-26)25(29)33-16-6-3-7-16/h4,8-11,16H,3,5-7,12-15H2,1-2H3,(H,27,28). The fourth-order valence-electron chi connectivity index (χ4n) is 4.75. The van der Waals surface area contributed by atoms with Crippen LogP contribution in [-0.2, 0) is 16.1 Å². The minimum atomic E-state index is -0.628. The van der Waals surface area contributed by atoms with E-state index in [4.69, 9.17) is 18.9 Å². The van der Waals surface area contributed by atoms with Crippen LogP contribution in [0.4, 0.5) is 0 Å². The molecule has 1 N–H and O–H groups in total. The summed E-state index contributed by atoms with van der Waals surface area (Å²) in [5, 5.41) is 2.89. The largest absolute Gasteiger partial charge is 0.493 e. The molecule has 0 spiro atoms. The van der Waals surface area contributed by atoms with Gasteiger partial charge in [-0.05, 0) is 61.4 Å². The number of carbonyl (C=O) groups is 2. The number of carbonyl (C=O) groups excluding carboxylic acids is 2. The second-order valence-corrected chi connectivity index (χ2v) is 9.07. The van der Waals surface area contributed by atoms with Crippen LogP contribution in [0.5, 0.6) is 17.2 Å². The molecule has 0 radical (unpaired) electrons. The van der Waals surface area contributed by atoms with Crippen LogP contribution in [-0.4, -0.2) is 38.8 Å². The van der Waals surface area contributed by atoms with Gasteiger partial charge in [0.25, 0.3) is 5.91 Å². The Morgan fingerprint density at radius 1 is 1.00 bits per heavy atom. The first-order valence-corrected chi connectivity index (χ1v) is 11.6. The highest BCUT2D eigenvalue weighted by molar-refractivity contribution is 6.01. The van der Waals surface area contributed by atoms with E-state index in [2.05, 4.69) is 5.32 Å². The summed E-state index contributed by atoms with van der Waals surface area (Å²) in [4.78, 5) is 25.2. The van der Waals surface area contributed by atoms with E-state index >= 15 is 0 Å². The summed E-state index contributed by atoms with van der Waals surface area (Å²) in [5.74, 6) is 1.27. The molecule has 1 amide bonds. The smallest absolute Gasteiger partial charge is 0.315 e. The molecule has 2 aromatic carbocycles. The highest BCUT2D eigenvalue weighted by Gasteiger charge is 2.48. The first-order chi connectivity index (χ1) is 16.1. The molecule has 0 atom stereocenters. The number of fused-ring (bicyclic) bond motifs is 1.